The topological polar surface area (TPSA) is 49.9 Å². The van der Waals surface area contributed by atoms with Crippen molar-refractivity contribution >= 4 is 29.2 Å². The summed E-state index contributed by atoms with van der Waals surface area (Å²) in [4.78, 5) is 25.7. The zero-order valence-corrected chi connectivity index (χ0v) is 12.0. The average Bonchev–Trinajstić information content (AvgIpc) is 2.70. The van der Waals surface area contributed by atoms with E-state index in [2.05, 4.69) is 0 Å². The van der Waals surface area contributed by atoms with Crippen LogP contribution in [0.2, 0.25) is 0 Å². The molecule has 2 aliphatic heterocycles. The molecule has 1 unspecified atom stereocenters. The number of carbonyl (C=O) groups excluding carboxylic acids is 2. The second kappa shape index (κ2) is 6.17. The Labute approximate surface area is 125 Å². The van der Waals surface area contributed by atoms with Crippen LogP contribution >= 0.6 is 12.2 Å². The van der Waals surface area contributed by atoms with E-state index in [0.29, 0.717) is 24.2 Å². The third-order valence-corrected chi connectivity index (χ3v) is 3.91. The number of likely N-dealkylation sites (tertiary alicyclic amines) is 1. The van der Waals surface area contributed by atoms with Gasteiger partial charge in [0.2, 0.25) is 0 Å². The second-order valence-corrected chi connectivity index (χ2v) is 5.31. The van der Waals surface area contributed by atoms with Gasteiger partial charge < -0.3 is 9.64 Å². The van der Waals surface area contributed by atoms with Crippen LogP contribution in [0.5, 0.6) is 0 Å². The van der Waals surface area contributed by atoms with Gasteiger partial charge in [0.05, 0.1) is 6.54 Å². The lowest BCUT2D eigenvalue weighted by atomic mass is 10.1. The predicted octanol–water partition coefficient (Wildman–Crippen LogP) is 1.46. The fourth-order valence-corrected chi connectivity index (χ4v) is 2.81. The summed E-state index contributed by atoms with van der Waals surface area (Å²) < 4.78 is 43.1. The molecule has 21 heavy (non-hydrogen) atoms. The first-order valence-corrected chi connectivity index (χ1v) is 7.09. The molecule has 118 valence electrons. The molecular formula is C12H15F3N2O3S. The van der Waals surface area contributed by atoms with Crippen LogP contribution in [0.1, 0.15) is 25.7 Å². The maximum Gasteiger partial charge on any atom is 0.471 e. The summed E-state index contributed by atoms with van der Waals surface area (Å²) in [5.41, 5.74) is 0. The van der Waals surface area contributed by atoms with Crippen molar-refractivity contribution in [3.8, 4) is 0 Å². The van der Waals surface area contributed by atoms with E-state index in [1.165, 1.54) is 0 Å². The van der Waals surface area contributed by atoms with Gasteiger partial charge in [0, 0.05) is 6.54 Å². The molecule has 9 heteroatoms. The van der Waals surface area contributed by atoms with Crippen molar-refractivity contribution in [3.63, 3.8) is 0 Å². The van der Waals surface area contributed by atoms with Gasteiger partial charge in [-0.25, -0.2) is 0 Å². The van der Waals surface area contributed by atoms with Crippen molar-refractivity contribution in [3.05, 3.63) is 0 Å². The number of thiocarbonyl (C=S) groups is 1. The van der Waals surface area contributed by atoms with Crippen LogP contribution in [0.15, 0.2) is 0 Å². The minimum Gasteiger partial charge on any atom is -0.469 e. The third-order valence-electron chi connectivity index (χ3n) is 3.57. The van der Waals surface area contributed by atoms with E-state index in [1.807, 2.05) is 0 Å². The van der Waals surface area contributed by atoms with Gasteiger partial charge in [-0.15, -0.1) is 0 Å². The highest BCUT2D eigenvalue weighted by molar-refractivity contribution is 7.80. The van der Waals surface area contributed by atoms with Crippen molar-refractivity contribution in [2.24, 2.45) is 0 Å². The minimum atomic E-state index is -4.98. The largest absolute Gasteiger partial charge is 0.471 e. The van der Waals surface area contributed by atoms with Gasteiger partial charge in [-0.2, -0.15) is 13.2 Å². The second-order valence-electron chi connectivity index (χ2n) is 4.97. The predicted molar refractivity (Wildman–Crippen MR) is 70.3 cm³/mol. The summed E-state index contributed by atoms with van der Waals surface area (Å²) in [6.07, 6.45) is -3.04. The Kier molecular flexibility index (Phi) is 4.70. The zero-order valence-electron chi connectivity index (χ0n) is 11.2. The Hall–Kier alpha value is -1.38. The van der Waals surface area contributed by atoms with Crippen LogP contribution in [0.3, 0.4) is 0 Å². The van der Waals surface area contributed by atoms with Crippen LogP contribution in [0.25, 0.3) is 0 Å². The van der Waals surface area contributed by atoms with Crippen molar-refractivity contribution in [1.29, 1.82) is 0 Å². The molecule has 0 aliphatic carbocycles. The molecule has 1 atom stereocenters. The first kappa shape index (κ1) is 16.0. The lowest BCUT2D eigenvalue weighted by Crippen LogP contribution is -2.54. The molecule has 2 heterocycles. The summed E-state index contributed by atoms with van der Waals surface area (Å²) in [5.74, 6) is -2.55. The van der Waals surface area contributed by atoms with E-state index in [-0.39, 0.29) is 31.3 Å². The summed E-state index contributed by atoms with van der Waals surface area (Å²) in [6.45, 7) is 0.364. The standard InChI is InChI=1S/C12H15F3N2O3S/c13-12(14,15)10(19)16-5-3-1-2-4-8(16)9(18)17-6-7-20-11(17)21/h8H,1-7H2. The summed E-state index contributed by atoms with van der Waals surface area (Å²) in [5, 5.41) is -0.0383. The van der Waals surface area contributed by atoms with Gasteiger partial charge in [0.25, 0.3) is 11.1 Å². The van der Waals surface area contributed by atoms with E-state index in [0.717, 1.165) is 4.90 Å². The molecule has 0 N–H and O–H groups in total. The number of alkyl halides is 3. The van der Waals surface area contributed by atoms with Crippen molar-refractivity contribution in [1.82, 2.24) is 9.80 Å². The Balaban J connectivity index is 2.21. The van der Waals surface area contributed by atoms with E-state index in [1.54, 1.807) is 0 Å². The summed E-state index contributed by atoms with van der Waals surface area (Å²) >= 11 is 4.85. The van der Waals surface area contributed by atoms with Crippen LogP contribution in [0, 0.1) is 0 Å². The first-order chi connectivity index (χ1) is 9.82. The molecule has 2 amide bonds. The molecule has 2 aliphatic rings. The summed E-state index contributed by atoms with van der Waals surface area (Å²) in [6, 6.07) is -1.12. The van der Waals surface area contributed by atoms with Crippen molar-refractivity contribution in [2.75, 3.05) is 19.7 Å². The molecule has 0 radical (unpaired) electrons. The Bertz CT molecular complexity index is 456. The average molecular weight is 324 g/mol. The molecule has 0 saturated carbocycles. The van der Waals surface area contributed by atoms with Crippen molar-refractivity contribution in [2.45, 2.75) is 37.9 Å². The van der Waals surface area contributed by atoms with Gasteiger partial charge in [0.1, 0.15) is 12.6 Å². The van der Waals surface area contributed by atoms with Crippen LogP contribution < -0.4 is 0 Å². The SMILES string of the molecule is O=C(C1CCCCCN1C(=O)C(F)(F)F)N1CCOC1=S. The quantitative estimate of drug-likeness (QED) is 0.685. The third kappa shape index (κ3) is 3.45. The van der Waals surface area contributed by atoms with Crippen LogP contribution in [-0.2, 0) is 14.3 Å². The maximum absolute atomic E-state index is 12.7. The fourth-order valence-electron chi connectivity index (χ4n) is 2.54. The molecule has 2 saturated heterocycles. The Morgan fingerprint density at radius 2 is 1.90 bits per heavy atom. The number of ether oxygens (including phenoxy) is 1. The lowest BCUT2D eigenvalue weighted by molar-refractivity contribution is -0.188. The fraction of sp³-hybridized carbons (Fsp3) is 0.750. The van der Waals surface area contributed by atoms with Gasteiger partial charge in [-0.05, 0) is 25.1 Å². The Morgan fingerprint density at radius 1 is 1.19 bits per heavy atom. The number of hydrogen-bond acceptors (Lipinski definition) is 4. The summed E-state index contributed by atoms with van der Waals surface area (Å²) in [7, 11) is 0. The van der Waals surface area contributed by atoms with Gasteiger partial charge in [-0.3, -0.25) is 14.5 Å². The molecule has 2 rings (SSSR count). The van der Waals surface area contributed by atoms with E-state index in [4.69, 9.17) is 17.0 Å². The van der Waals surface area contributed by atoms with E-state index < -0.39 is 24.0 Å². The van der Waals surface area contributed by atoms with Gasteiger partial charge in [-0.1, -0.05) is 12.8 Å². The van der Waals surface area contributed by atoms with Gasteiger partial charge >= 0.3 is 12.1 Å². The highest BCUT2D eigenvalue weighted by Crippen LogP contribution is 2.26. The number of rotatable bonds is 1. The molecule has 0 aromatic carbocycles. The number of hydrogen-bond donors (Lipinski definition) is 0. The minimum absolute atomic E-state index is 0.0383. The van der Waals surface area contributed by atoms with Crippen LogP contribution in [-0.4, -0.2) is 58.7 Å². The van der Waals surface area contributed by atoms with Crippen molar-refractivity contribution < 1.29 is 27.5 Å². The van der Waals surface area contributed by atoms with E-state index in [9.17, 15) is 22.8 Å². The highest BCUT2D eigenvalue weighted by atomic mass is 32.1. The Morgan fingerprint density at radius 3 is 2.48 bits per heavy atom. The lowest BCUT2D eigenvalue weighted by Gasteiger charge is -2.31. The number of amides is 2. The van der Waals surface area contributed by atoms with Crippen LogP contribution in [0.4, 0.5) is 13.2 Å². The highest BCUT2D eigenvalue weighted by Gasteiger charge is 2.47. The van der Waals surface area contributed by atoms with Gasteiger partial charge in [0.15, 0.2) is 0 Å². The number of carbonyl (C=O) groups is 2. The molecule has 2 fully saturated rings. The molecule has 5 nitrogen and oxygen atoms in total. The number of halogens is 3. The molecule has 0 aromatic rings. The normalized spacial score (nSPS) is 23.8. The molecule has 0 spiro atoms. The first-order valence-electron chi connectivity index (χ1n) is 6.68. The number of nitrogens with zero attached hydrogens (tertiary/aromatic N) is 2. The maximum atomic E-state index is 12.7. The molecule has 0 bridgehead atoms. The zero-order chi connectivity index (χ0) is 15.6. The molecule has 0 aromatic heterocycles. The smallest absolute Gasteiger partial charge is 0.469 e. The monoisotopic (exact) mass is 324 g/mol. The van der Waals surface area contributed by atoms with E-state index >= 15 is 0 Å². The molecular weight excluding hydrogens is 309 g/mol.